The fourth-order valence-corrected chi connectivity index (χ4v) is 1.83. The van der Waals surface area contributed by atoms with Crippen molar-refractivity contribution in [2.75, 3.05) is 18.4 Å². The van der Waals surface area contributed by atoms with Crippen molar-refractivity contribution >= 4 is 11.6 Å². The maximum absolute atomic E-state index is 11.5. The first-order chi connectivity index (χ1) is 8.70. The van der Waals surface area contributed by atoms with Gasteiger partial charge in [-0.1, -0.05) is 6.07 Å². The average molecular weight is 249 g/mol. The molecule has 1 aromatic rings. The molecule has 1 aliphatic rings. The highest BCUT2D eigenvalue weighted by atomic mass is 16.5. The van der Waals surface area contributed by atoms with Crippen LogP contribution < -0.4 is 21.1 Å². The number of benzene rings is 1. The standard InChI is InChI=1S/C13H19N3O2/c1-9-13(17)16-11-7-10(3-4-12(11)18-9)8-15-6-2-5-14/h3-4,7,9,15H,2,5-6,8,14H2,1H3,(H,16,17). The maximum Gasteiger partial charge on any atom is 0.265 e. The number of hydrogen-bond acceptors (Lipinski definition) is 4. The molecule has 4 N–H and O–H groups in total. The van der Waals surface area contributed by atoms with Gasteiger partial charge in [0.05, 0.1) is 5.69 Å². The average Bonchev–Trinajstić information content (AvgIpc) is 2.36. The number of nitrogens with one attached hydrogen (secondary N) is 2. The van der Waals surface area contributed by atoms with Crippen molar-refractivity contribution in [2.45, 2.75) is 26.0 Å². The molecule has 0 fully saturated rings. The zero-order chi connectivity index (χ0) is 13.0. The van der Waals surface area contributed by atoms with Gasteiger partial charge >= 0.3 is 0 Å². The fourth-order valence-electron chi connectivity index (χ4n) is 1.83. The summed E-state index contributed by atoms with van der Waals surface area (Å²) in [5.74, 6) is 0.628. The van der Waals surface area contributed by atoms with Crippen LogP contribution in [0.2, 0.25) is 0 Å². The van der Waals surface area contributed by atoms with Crippen molar-refractivity contribution in [3.63, 3.8) is 0 Å². The molecule has 1 atom stereocenters. The highest BCUT2D eigenvalue weighted by molar-refractivity contribution is 5.97. The van der Waals surface area contributed by atoms with Gasteiger partial charge in [-0.3, -0.25) is 4.79 Å². The van der Waals surface area contributed by atoms with Gasteiger partial charge in [0, 0.05) is 6.54 Å². The molecule has 1 amide bonds. The van der Waals surface area contributed by atoms with Crippen LogP contribution in [0.4, 0.5) is 5.69 Å². The van der Waals surface area contributed by atoms with Crippen LogP contribution in [0.1, 0.15) is 18.9 Å². The van der Waals surface area contributed by atoms with Crippen LogP contribution in [0, 0.1) is 0 Å². The highest BCUT2D eigenvalue weighted by Crippen LogP contribution is 2.30. The highest BCUT2D eigenvalue weighted by Gasteiger charge is 2.23. The van der Waals surface area contributed by atoms with Crippen molar-refractivity contribution in [3.8, 4) is 5.75 Å². The van der Waals surface area contributed by atoms with Gasteiger partial charge in [-0.25, -0.2) is 0 Å². The van der Waals surface area contributed by atoms with Crippen molar-refractivity contribution in [2.24, 2.45) is 5.73 Å². The molecule has 0 radical (unpaired) electrons. The van der Waals surface area contributed by atoms with E-state index in [0.717, 1.165) is 36.5 Å². The molecule has 0 bridgehead atoms. The Labute approximate surface area is 107 Å². The van der Waals surface area contributed by atoms with Crippen LogP contribution in [-0.2, 0) is 11.3 Å². The van der Waals surface area contributed by atoms with Crippen LogP contribution in [0.25, 0.3) is 0 Å². The molecule has 1 heterocycles. The topological polar surface area (TPSA) is 76.4 Å². The molecule has 0 aliphatic carbocycles. The molecule has 1 aliphatic heterocycles. The Balaban J connectivity index is 1.99. The minimum absolute atomic E-state index is 0.101. The number of nitrogens with two attached hydrogens (primary N) is 1. The molecule has 5 heteroatoms. The zero-order valence-electron chi connectivity index (χ0n) is 10.5. The van der Waals surface area contributed by atoms with Crippen LogP contribution in [0.15, 0.2) is 18.2 Å². The van der Waals surface area contributed by atoms with Gasteiger partial charge in [0.2, 0.25) is 0 Å². The Bertz CT molecular complexity index is 434. The summed E-state index contributed by atoms with van der Waals surface area (Å²) in [6.45, 7) is 4.09. The van der Waals surface area contributed by atoms with Gasteiger partial charge in [0.1, 0.15) is 5.75 Å². The summed E-state index contributed by atoms with van der Waals surface area (Å²) in [5.41, 5.74) is 7.28. The summed E-state index contributed by atoms with van der Waals surface area (Å²) >= 11 is 0. The lowest BCUT2D eigenvalue weighted by Crippen LogP contribution is -2.34. The SMILES string of the molecule is CC1Oc2ccc(CNCCCN)cc2NC1=O. The summed E-state index contributed by atoms with van der Waals surface area (Å²) in [6.07, 6.45) is 0.536. The van der Waals surface area contributed by atoms with Gasteiger partial charge in [0.15, 0.2) is 6.10 Å². The molecule has 2 rings (SSSR count). The number of hydrogen-bond donors (Lipinski definition) is 3. The Kier molecular flexibility index (Phi) is 4.17. The van der Waals surface area contributed by atoms with Gasteiger partial charge in [-0.05, 0) is 44.1 Å². The molecular weight excluding hydrogens is 230 g/mol. The lowest BCUT2D eigenvalue weighted by molar-refractivity contribution is -0.122. The summed E-state index contributed by atoms with van der Waals surface area (Å²) in [5, 5.41) is 6.14. The Hall–Kier alpha value is -1.59. The number of fused-ring (bicyclic) bond motifs is 1. The second-order valence-electron chi connectivity index (χ2n) is 4.40. The number of anilines is 1. The van der Waals surface area contributed by atoms with E-state index in [9.17, 15) is 4.79 Å². The molecule has 18 heavy (non-hydrogen) atoms. The number of ether oxygens (including phenoxy) is 1. The summed E-state index contributed by atoms with van der Waals surface area (Å²) in [7, 11) is 0. The number of amides is 1. The van der Waals surface area contributed by atoms with Crippen LogP contribution in [-0.4, -0.2) is 25.1 Å². The molecule has 0 spiro atoms. The number of carbonyl (C=O) groups excluding carboxylic acids is 1. The smallest absolute Gasteiger partial charge is 0.265 e. The van der Waals surface area contributed by atoms with E-state index in [1.54, 1.807) is 6.92 Å². The van der Waals surface area contributed by atoms with E-state index >= 15 is 0 Å². The minimum atomic E-state index is -0.425. The number of carbonyl (C=O) groups is 1. The molecule has 5 nitrogen and oxygen atoms in total. The Morgan fingerprint density at radius 3 is 3.11 bits per heavy atom. The molecule has 0 aromatic heterocycles. The van der Waals surface area contributed by atoms with Crippen molar-refractivity contribution < 1.29 is 9.53 Å². The molecule has 0 saturated carbocycles. The molecule has 1 aromatic carbocycles. The van der Waals surface area contributed by atoms with E-state index in [0.29, 0.717) is 6.54 Å². The Morgan fingerprint density at radius 2 is 2.33 bits per heavy atom. The zero-order valence-corrected chi connectivity index (χ0v) is 10.5. The molecule has 0 saturated heterocycles. The van der Waals surface area contributed by atoms with E-state index in [4.69, 9.17) is 10.5 Å². The lowest BCUT2D eigenvalue weighted by atomic mass is 10.1. The predicted molar refractivity (Wildman–Crippen MR) is 70.5 cm³/mol. The third-order valence-electron chi connectivity index (χ3n) is 2.86. The van der Waals surface area contributed by atoms with Crippen molar-refractivity contribution in [1.29, 1.82) is 0 Å². The van der Waals surface area contributed by atoms with Gasteiger partial charge in [-0.15, -0.1) is 0 Å². The van der Waals surface area contributed by atoms with Gasteiger partial charge in [0.25, 0.3) is 5.91 Å². The number of rotatable bonds is 5. The van der Waals surface area contributed by atoms with Crippen LogP contribution in [0.5, 0.6) is 5.75 Å². The van der Waals surface area contributed by atoms with E-state index in [-0.39, 0.29) is 5.91 Å². The van der Waals surface area contributed by atoms with Gasteiger partial charge < -0.3 is 21.1 Å². The summed E-state index contributed by atoms with van der Waals surface area (Å²) in [4.78, 5) is 11.5. The maximum atomic E-state index is 11.5. The third kappa shape index (κ3) is 3.00. The molecule has 98 valence electrons. The van der Waals surface area contributed by atoms with Crippen LogP contribution in [0.3, 0.4) is 0 Å². The summed E-state index contributed by atoms with van der Waals surface area (Å²) in [6, 6.07) is 5.83. The minimum Gasteiger partial charge on any atom is -0.479 e. The first kappa shape index (κ1) is 12.9. The van der Waals surface area contributed by atoms with Crippen molar-refractivity contribution in [3.05, 3.63) is 23.8 Å². The first-order valence-electron chi connectivity index (χ1n) is 6.22. The second-order valence-corrected chi connectivity index (χ2v) is 4.40. The largest absolute Gasteiger partial charge is 0.479 e. The molecular formula is C13H19N3O2. The Morgan fingerprint density at radius 1 is 1.50 bits per heavy atom. The van der Waals surface area contributed by atoms with E-state index in [1.807, 2.05) is 18.2 Å². The molecule has 1 unspecified atom stereocenters. The van der Waals surface area contributed by atoms with Crippen LogP contribution >= 0.6 is 0 Å². The quantitative estimate of drug-likeness (QED) is 0.676. The first-order valence-corrected chi connectivity index (χ1v) is 6.22. The lowest BCUT2D eigenvalue weighted by Gasteiger charge is -2.23. The summed E-state index contributed by atoms with van der Waals surface area (Å²) < 4.78 is 5.49. The van der Waals surface area contributed by atoms with E-state index < -0.39 is 6.10 Å². The third-order valence-corrected chi connectivity index (χ3v) is 2.86. The normalized spacial score (nSPS) is 17.9. The van der Waals surface area contributed by atoms with Crippen molar-refractivity contribution in [1.82, 2.24) is 5.32 Å². The van der Waals surface area contributed by atoms with E-state index in [1.165, 1.54) is 0 Å². The van der Waals surface area contributed by atoms with Gasteiger partial charge in [-0.2, -0.15) is 0 Å². The second kappa shape index (κ2) is 5.84. The predicted octanol–water partition coefficient (Wildman–Crippen LogP) is 0.844. The monoisotopic (exact) mass is 249 g/mol. The van der Waals surface area contributed by atoms with E-state index in [2.05, 4.69) is 10.6 Å². The fraction of sp³-hybridized carbons (Fsp3) is 0.462.